The predicted molar refractivity (Wildman–Crippen MR) is 79.0 cm³/mol. The van der Waals surface area contributed by atoms with E-state index in [2.05, 4.69) is 5.32 Å². The van der Waals surface area contributed by atoms with Crippen LogP contribution in [0.5, 0.6) is 0 Å². The Labute approximate surface area is 123 Å². The van der Waals surface area contributed by atoms with Crippen molar-refractivity contribution in [2.24, 2.45) is 0 Å². The molecule has 1 amide bonds. The Hall–Kier alpha value is -1.49. The zero-order valence-corrected chi connectivity index (χ0v) is 12.5. The highest BCUT2D eigenvalue weighted by atomic mass is 32.2. The summed E-state index contributed by atoms with van der Waals surface area (Å²) in [7, 11) is 0. The number of carbonyl (C=O) groups is 2. The third-order valence-corrected chi connectivity index (χ3v) is 4.85. The topological polar surface area (TPSA) is 66.4 Å². The second-order valence-electron chi connectivity index (χ2n) is 5.35. The minimum Gasteiger partial charge on any atom is -0.480 e. The zero-order valence-electron chi connectivity index (χ0n) is 11.7. The number of aliphatic carboxylic acids is 1. The monoisotopic (exact) mass is 293 g/mol. The lowest BCUT2D eigenvalue weighted by molar-refractivity contribution is -0.151. The number of carboxylic acid groups (broad SMARTS) is 1. The van der Waals surface area contributed by atoms with Crippen LogP contribution < -0.4 is 5.32 Å². The van der Waals surface area contributed by atoms with E-state index in [1.165, 1.54) is 11.8 Å². The zero-order chi connectivity index (χ0) is 14.8. The average molecular weight is 293 g/mol. The molecule has 0 saturated heterocycles. The molecule has 4 nitrogen and oxygen atoms in total. The summed E-state index contributed by atoms with van der Waals surface area (Å²) in [6.45, 7) is 4.02. The minimum atomic E-state index is -1.01. The van der Waals surface area contributed by atoms with Crippen molar-refractivity contribution in [3.05, 3.63) is 29.3 Å². The second kappa shape index (κ2) is 5.87. The first kappa shape index (κ1) is 14.9. The maximum absolute atomic E-state index is 11.9. The largest absolute Gasteiger partial charge is 0.480 e. The number of aryl methyl sites for hydroxylation is 2. The number of nitrogens with one attached hydrogen (secondary N) is 1. The van der Waals surface area contributed by atoms with Crippen LogP contribution in [0.4, 0.5) is 0 Å². The van der Waals surface area contributed by atoms with Gasteiger partial charge in [0.2, 0.25) is 5.91 Å². The molecule has 1 aromatic rings. The number of benzene rings is 1. The molecule has 1 aliphatic carbocycles. The van der Waals surface area contributed by atoms with Crippen molar-refractivity contribution in [3.63, 3.8) is 0 Å². The van der Waals surface area contributed by atoms with Crippen LogP contribution in [-0.2, 0) is 9.59 Å². The van der Waals surface area contributed by atoms with Gasteiger partial charge in [0.25, 0.3) is 0 Å². The van der Waals surface area contributed by atoms with Crippen LogP contribution >= 0.6 is 11.8 Å². The Kier molecular flexibility index (Phi) is 4.38. The molecule has 0 atom stereocenters. The van der Waals surface area contributed by atoms with E-state index in [1.807, 2.05) is 32.0 Å². The molecule has 1 aliphatic rings. The molecule has 20 heavy (non-hydrogen) atoms. The highest BCUT2D eigenvalue weighted by molar-refractivity contribution is 8.00. The van der Waals surface area contributed by atoms with Gasteiger partial charge in [0.1, 0.15) is 5.54 Å². The first-order valence-corrected chi connectivity index (χ1v) is 7.66. The molecule has 0 bridgehead atoms. The van der Waals surface area contributed by atoms with E-state index in [1.54, 1.807) is 0 Å². The van der Waals surface area contributed by atoms with Crippen LogP contribution in [0, 0.1) is 13.8 Å². The normalized spacial score (nSPS) is 16.3. The SMILES string of the molecule is Cc1ccc(C)c(SCC(=O)NC2(C(=O)O)CCC2)c1. The molecular weight excluding hydrogens is 274 g/mol. The van der Waals surface area contributed by atoms with Gasteiger partial charge in [-0.05, 0) is 44.7 Å². The summed E-state index contributed by atoms with van der Waals surface area (Å²) in [6.07, 6.45) is 1.92. The minimum absolute atomic E-state index is 0.210. The number of hydrogen-bond acceptors (Lipinski definition) is 3. The Morgan fingerprint density at radius 2 is 2.05 bits per heavy atom. The fourth-order valence-electron chi connectivity index (χ4n) is 2.23. The number of thioether (sulfide) groups is 1. The fourth-order valence-corrected chi connectivity index (χ4v) is 3.16. The molecule has 1 saturated carbocycles. The van der Waals surface area contributed by atoms with Crippen molar-refractivity contribution in [1.29, 1.82) is 0 Å². The number of carbonyl (C=O) groups excluding carboxylic acids is 1. The number of rotatable bonds is 5. The van der Waals surface area contributed by atoms with E-state index in [0.29, 0.717) is 12.8 Å². The molecule has 1 fully saturated rings. The summed E-state index contributed by atoms with van der Waals surface area (Å²) in [4.78, 5) is 24.2. The van der Waals surface area contributed by atoms with Crippen LogP contribution in [0.3, 0.4) is 0 Å². The first-order chi connectivity index (χ1) is 9.43. The van der Waals surface area contributed by atoms with E-state index >= 15 is 0 Å². The summed E-state index contributed by atoms with van der Waals surface area (Å²) in [5.74, 6) is -0.883. The van der Waals surface area contributed by atoms with Gasteiger partial charge < -0.3 is 10.4 Å². The molecule has 0 aliphatic heterocycles. The van der Waals surface area contributed by atoms with E-state index in [0.717, 1.165) is 22.4 Å². The number of amides is 1. The van der Waals surface area contributed by atoms with E-state index in [4.69, 9.17) is 0 Å². The van der Waals surface area contributed by atoms with Gasteiger partial charge in [0.05, 0.1) is 5.75 Å². The van der Waals surface area contributed by atoms with Gasteiger partial charge in [-0.15, -0.1) is 11.8 Å². The standard InChI is InChI=1S/C15H19NO3S/c1-10-4-5-11(2)12(8-10)20-9-13(17)16-15(14(18)19)6-3-7-15/h4-5,8H,3,6-7,9H2,1-2H3,(H,16,17)(H,18,19). The lowest BCUT2D eigenvalue weighted by atomic mass is 9.77. The van der Waals surface area contributed by atoms with Crippen LogP contribution in [0.2, 0.25) is 0 Å². The maximum Gasteiger partial charge on any atom is 0.329 e. The number of carboxylic acids is 1. The van der Waals surface area contributed by atoms with E-state index in [-0.39, 0.29) is 11.7 Å². The molecule has 2 rings (SSSR count). The van der Waals surface area contributed by atoms with Gasteiger partial charge in [-0.2, -0.15) is 0 Å². The van der Waals surface area contributed by atoms with Crippen molar-refractivity contribution < 1.29 is 14.7 Å². The second-order valence-corrected chi connectivity index (χ2v) is 6.36. The highest BCUT2D eigenvalue weighted by Crippen LogP contribution is 2.32. The van der Waals surface area contributed by atoms with Crippen molar-refractivity contribution >= 4 is 23.6 Å². The third-order valence-electron chi connectivity index (χ3n) is 3.70. The molecular formula is C15H19NO3S. The highest BCUT2D eigenvalue weighted by Gasteiger charge is 2.45. The van der Waals surface area contributed by atoms with Gasteiger partial charge in [-0.25, -0.2) is 4.79 Å². The van der Waals surface area contributed by atoms with E-state index < -0.39 is 11.5 Å². The van der Waals surface area contributed by atoms with Gasteiger partial charge in [-0.3, -0.25) is 4.79 Å². The van der Waals surface area contributed by atoms with Crippen LogP contribution in [0.25, 0.3) is 0 Å². The number of hydrogen-bond donors (Lipinski definition) is 2. The molecule has 0 heterocycles. The summed E-state index contributed by atoms with van der Waals surface area (Å²) >= 11 is 1.45. The summed E-state index contributed by atoms with van der Waals surface area (Å²) in [5.41, 5.74) is 1.27. The van der Waals surface area contributed by atoms with Crippen molar-refractivity contribution in [3.8, 4) is 0 Å². The van der Waals surface area contributed by atoms with Crippen molar-refractivity contribution in [1.82, 2.24) is 5.32 Å². The lowest BCUT2D eigenvalue weighted by Gasteiger charge is -2.38. The summed E-state index contributed by atoms with van der Waals surface area (Å²) < 4.78 is 0. The van der Waals surface area contributed by atoms with E-state index in [9.17, 15) is 14.7 Å². The van der Waals surface area contributed by atoms with Gasteiger partial charge >= 0.3 is 5.97 Å². The molecule has 1 aromatic carbocycles. The van der Waals surface area contributed by atoms with Crippen LogP contribution in [0.15, 0.2) is 23.1 Å². The molecule has 0 unspecified atom stereocenters. The molecule has 2 N–H and O–H groups in total. The Morgan fingerprint density at radius 3 is 2.60 bits per heavy atom. The lowest BCUT2D eigenvalue weighted by Crippen LogP contribution is -2.59. The molecule has 108 valence electrons. The molecule has 0 aromatic heterocycles. The first-order valence-electron chi connectivity index (χ1n) is 6.67. The average Bonchev–Trinajstić information content (AvgIpc) is 2.34. The molecule has 5 heteroatoms. The molecule has 0 radical (unpaired) electrons. The van der Waals surface area contributed by atoms with Crippen LogP contribution in [0.1, 0.15) is 30.4 Å². The van der Waals surface area contributed by atoms with Crippen molar-refractivity contribution in [2.45, 2.75) is 43.5 Å². The predicted octanol–water partition coefficient (Wildman–Crippen LogP) is 2.52. The summed E-state index contributed by atoms with van der Waals surface area (Å²) in [5, 5.41) is 11.9. The van der Waals surface area contributed by atoms with Gasteiger partial charge in [0, 0.05) is 4.90 Å². The van der Waals surface area contributed by atoms with Crippen LogP contribution in [-0.4, -0.2) is 28.3 Å². The molecule has 0 spiro atoms. The maximum atomic E-state index is 11.9. The Morgan fingerprint density at radius 1 is 1.35 bits per heavy atom. The fraction of sp³-hybridized carbons (Fsp3) is 0.467. The van der Waals surface area contributed by atoms with Gasteiger partial charge in [-0.1, -0.05) is 17.7 Å². The van der Waals surface area contributed by atoms with Gasteiger partial charge in [0.15, 0.2) is 0 Å². The third kappa shape index (κ3) is 3.15. The Balaban J connectivity index is 1.92. The quantitative estimate of drug-likeness (QED) is 0.819. The Bertz CT molecular complexity index is 538. The summed E-state index contributed by atoms with van der Waals surface area (Å²) in [6, 6.07) is 6.11. The smallest absolute Gasteiger partial charge is 0.329 e. The van der Waals surface area contributed by atoms with Crippen molar-refractivity contribution in [2.75, 3.05) is 5.75 Å².